The Kier molecular flexibility index (Phi) is 4.72. The number of carboxylic acid groups (broad SMARTS) is 1. The van der Waals surface area contributed by atoms with Gasteiger partial charge in [0, 0.05) is 16.2 Å². The molecule has 0 fully saturated rings. The highest BCUT2D eigenvalue weighted by atomic mass is 79.9. The molecule has 0 unspecified atom stereocenters. The molecule has 0 bridgehead atoms. The van der Waals surface area contributed by atoms with Gasteiger partial charge in [0.05, 0.1) is 11.3 Å². The molecule has 0 radical (unpaired) electrons. The highest BCUT2D eigenvalue weighted by Crippen LogP contribution is 2.23. The average molecular weight is 385 g/mol. The van der Waals surface area contributed by atoms with Gasteiger partial charge < -0.3 is 15.7 Å². The average Bonchev–Trinajstić information content (AvgIpc) is 2.55. The first-order chi connectivity index (χ1) is 11.6. The maximum absolute atomic E-state index is 11.3. The Balaban J connectivity index is 1.82. The molecule has 24 heavy (non-hydrogen) atoms. The van der Waals surface area contributed by atoms with Gasteiger partial charge in [-0.3, -0.25) is 0 Å². The highest BCUT2D eigenvalue weighted by molar-refractivity contribution is 9.10. The lowest BCUT2D eigenvalue weighted by molar-refractivity contribution is 0.0698. The zero-order valence-corrected chi connectivity index (χ0v) is 14.0. The van der Waals surface area contributed by atoms with Gasteiger partial charge in [0.1, 0.15) is 18.0 Å². The van der Waals surface area contributed by atoms with Crippen molar-refractivity contribution in [3.63, 3.8) is 0 Å². The Hall–Kier alpha value is -2.93. The first-order valence-electron chi connectivity index (χ1n) is 7.06. The van der Waals surface area contributed by atoms with Crippen LogP contribution in [0.4, 0.5) is 23.0 Å². The summed E-state index contributed by atoms with van der Waals surface area (Å²) in [6, 6.07) is 16.1. The standard InChI is InChI=1S/C17H13BrN4O2/c18-11-4-3-5-12(8-11)21-15-9-16(20-10-19-15)22-14-7-2-1-6-13(14)17(23)24/h1-10H,(H,23,24)(H2,19,20,21,22). The molecule has 120 valence electrons. The summed E-state index contributed by atoms with van der Waals surface area (Å²) >= 11 is 3.42. The van der Waals surface area contributed by atoms with E-state index in [9.17, 15) is 9.90 Å². The largest absolute Gasteiger partial charge is 0.478 e. The number of anilines is 4. The zero-order chi connectivity index (χ0) is 16.9. The number of aromatic nitrogens is 2. The molecule has 3 aromatic rings. The molecule has 1 aromatic heterocycles. The van der Waals surface area contributed by atoms with Gasteiger partial charge in [-0.25, -0.2) is 14.8 Å². The van der Waals surface area contributed by atoms with Crippen LogP contribution in [-0.2, 0) is 0 Å². The lowest BCUT2D eigenvalue weighted by Gasteiger charge is -2.10. The summed E-state index contributed by atoms with van der Waals surface area (Å²) in [5.74, 6) is 0.0919. The van der Waals surface area contributed by atoms with Crippen LogP contribution in [0.2, 0.25) is 0 Å². The second-order valence-electron chi connectivity index (χ2n) is 4.90. The van der Waals surface area contributed by atoms with Crippen LogP contribution in [0.25, 0.3) is 0 Å². The SMILES string of the molecule is O=C(O)c1ccccc1Nc1cc(Nc2cccc(Br)c2)ncn1. The van der Waals surface area contributed by atoms with E-state index in [2.05, 4.69) is 36.5 Å². The van der Waals surface area contributed by atoms with Crippen LogP contribution in [0, 0.1) is 0 Å². The lowest BCUT2D eigenvalue weighted by atomic mass is 10.2. The van der Waals surface area contributed by atoms with Crippen molar-refractivity contribution in [2.45, 2.75) is 0 Å². The first-order valence-corrected chi connectivity index (χ1v) is 7.85. The monoisotopic (exact) mass is 384 g/mol. The fourth-order valence-electron chi connectivity index (χ4n) is 2.12. The van der Waals surface area contributed by atoms with Gasteiger partial charge in [-0.2, -0.15) is 0 Å². The number of halogens is 1. The van der Waals surface area contributed by atoms with Crippen molar-refractivity contribution in [2.75, 3.05) is 10.6 Å². The van der Waals surface area contributed by atoms with E-state index >= 15 is 0 Å². The van der Waals surface area contributed by atoms with E-state index in [0.717, 1.165) is 10.2 Å². The smallest absolute Gasteiger partial charge is 0.337 e. The highest BCUT2D eigenvalue weighted by Gasteiger charge is 2.10. The topological polar surface area (TPSA) is 87.1 Å². The van der Waals surface area contributed by atoms with Gasteiger partial charge in [-0.05, 0) is 30.3 Å². The van der Waals surface area contributed by atoms with Crippen molar-refractivity contribution in [1.82, 2.24) is 9.97 Å². The number of carboxylic acids is 1. The van der Waals surface area contributed by atoms with E-state index in [1.165, 1.54) is 12.4 Å². The minimum Gasteiger partial charge on any atom is -0.478 e. The summed E-state index contributed by atoms with van der Waals surface area (Å²) < 4.78 is 0.954. The maximum Gasteiger partial charge on any atom is 0.337 e. The predicted octanol–water partition coefficient (Wildman–Crippen LogP) is 4.42. The molecule has 0 aliphatic heterocycles. The third-order valence-corrected chi connectivity index (χ3v) is 3.68. The predicted molar refractivity (Wildman–Crippen MR) is 96.1 cm³/mol. The molecule has 0 amide bonds. The number of para-hydroxylation sites is 1. The first kappa shape index (κ1) is 15.9. The number of carbonyl (C=O) groups is 1. The van der Waals surface area contributed by atoms with Crippen molar-refractivity contribution in [2.24, 2.45) is 0 Å². The van der Waals surface area contributed by atoms with Crippen LogP contribution in [-0.4, -0.2) is 21.0 Å². The minimum atomic E-state index is -1.00. The van der Waals surface area contributed by atoms with Gasteiger partial charge in [0.25, 0.3) is 0 Å². The van der Waals surface area contributed by atoms with E-state index in [1.54, 1.807) is 24.3 Å². The van der Waals surface area contributed by atoms with E-state index in [0.29, 0.717) is 17.3 Å². The molecule has 0 saturated heterocycles. The molecule has 6 nitrogen and oxygen atoms in total. The van der Waals surface area contributed by atoms with Crippen molar-refractivity contribution in [1.29, 1.82) is 0 Å². The van der Waals surface area contributed by atoms with Crippen LogP contribution in [0.3, 0.4) is 0 Å². The number of nitrogens with one attached hydrogen (secondary N) is 2. The zero-order valence-electron chi connectivity index (χ0n) is 12.4. The van der Waals surface area contributed by atoms with E-state index < -0.39 is 5.97 Å². The van der Waals surface area contributed by atoms with Crippen LogP contribution < -0.4 is 10.6 Å². The molecule has 0 saturated carbocycles. The molecule has 0 atom stereocenters. The van der Waals surface area contributed by atoms with Gasteiger partial charge in [-0.1, -0.05) is 34.1 Å². The van der Waals surface area contributed by atoms with Gasteiger partial charge in [0.15, 0.2) is 0 Å². The Bertz CT molecular complexity index is 886. The normalized spacial score (nSPS) is 10.2. The summed E-state index contributed by atoms with van der Waals surface area (Å²) in [5.41, 5.74) is 1.52. The Morgan fingerprint density at radius 2 is 1.71 bits per heavy atom. The lowest BCUT2D eigenvalue weighted by Crippen LogP contribution is -2.04. The molecular weight excluding hydrogens is 372 g/mol. The van der Waals surface area contributed by atoms with E-state index in [-0.39, 0.29) is 5.56 Å². The Labute approximate surface area is 146 Å². The third kappa shape index (κ3) is 3.88. The quantitative estimate of drug-likeness (QED) is 0.603. The summed E-state index contributed by atoms with van der Waals surface area (Å²) in [5, 5.41) is 15.4. The number of aromatic carboxylic acids is 1. The molecule has 3 rings (SSSR count). The molecule has 7 heteroatoms. The van der Waals surface area contributed by atoms with E-state index in [1.807, 2.05) is 24.3 Å². The second-order valence-corrected chi connectivity index (χ2v) is 5.82. The molecule has 0 aliphatic carbocycles. The molecule has 1 heterocycles. The van der Waals surface area contributed by atoms with Crippen molar-refractivity contribution >= 4 is 44.9 Å². The molecule has 3 N–H and O–H groups in total. The Morgan fingerprint density at radius 1 is 0.958 bits per heavy atom. The van der Waals surface area contributed by atoms with Crippen molar-refractivity contribution in [3.8, 4) is 0 Å². The van der Waals surface area contributed by atoms with Crippen LogP contribution in [0.5, 0.6) is 0 Å². The second kappa shape index (κ2) is 7.10. The van der Waals surface area contributed by atoms with Gasteiger partial charge in [-0.15, -0.1) is 0 Å². The van der Waals surface area contributed by atoms with Crippen molar-refractivity contribution in [3.05, 3.63) is 71.0 Å². The molecular formula is C17H13BrN4O2. The van der Waals surface area contributed by atoms with Crippen molar-refractivity contribution < 1.29 is 9.90 Å². The summed E-state index contributed by atoms with van der Waals surface area (Å²) in [7, 11) is 0. The fourth-order valence-corrected chi connectivity index (χ4v) is 2.52. The fraction of sp³-hybridized carbons (Fsp3) is 0. The van der Waals surface area contributed by atoms with Crippen LogP contribution in [0.1, 0.15) is 10.4 Å². The number of hydrogen-bond donors (Lipinski definition) is 3. The maximum atomic E-state index is 11.3. The Morgan fingerprint density at radius 3 is 2.46 bits per heavy atom. The number of benzene rings is 2. The number of rotatable bonds is 5. The number of nitrogens with zero attached hydrogens (tertiary/aromatic N) is 2. The van der Waals surface area contributed by atoms with Gasteiger partial charge in [0.2, 0.25) is 0 Å². The van der Waals surface area contributed by atoms with Crippen LogP contribution in [0.15, 0.2) is 65.4 Å². The third-order valence-electron chi connectivity index (χ3n) is 3.18. The summed E-state index contributed by atoms with van der Waals surface area (Å²) in [6.45, 7) is 0. The molecule has 0 spiro atoms. The van der Waals surface area contributed by atoms with Gasteiger partial charge >= 0.3 is 5.97 Å². The van der Waals surface area contributed by atoms with E-state index in [4.69, 9.17) is 0 Å². The molecule has 2 aromatic carbocycles. The van der Waals surface area contributed by atoms with Crippen LogP contribution >= 0.6 is 15.9 Å². The minimum absolute atomic E-state index is 0.178. The summed E-state index contributed by atoms with van der Waals surface area (Å²) in [6.07, 6.45) is 1.41. The summed E-state index contributed by atoms with van der Waals surface area (Å²) in [4.78, 5) is 19.6. The molecule has 0 aliphatic rings. The number of hydrogen-bond acceptors (Lipinski definition) is 5.